The van der Waals surface area contributed by atoms with Crippen LogP contribution in [-0.4, -0.2) is 30.1 Å². The Morgan fingerprint density at radius 2 is 2.05 bits per heavy atom. The highest BCUT2D eigenvalue weighted by Crippen LogP contribution is 2.35. The zero-order chi connectivity index (χ0) is 16.4. The van der Waals surface area contributed by atoms with E-state index in [9.17, 15) is 23.7 Å². The van der Waals surface area contributed by atoms with Gasteiger partial charge in [0.05, 0.1) is 11.5 Å². The number of nitro benzene ring substituents is 1. The molecule has 1 aromatic carbocycles. The van der Waals surface area contributed by atoms with Crippen LogP contribution < -0.4 is 0 Å². The molecule has 0 aliphatic carbocycles. The third kappa shape index (κ3) is 2.90. The Kier molecular flexibility index (Phi) is 4.67. The lowest BCUT2D eigenvalue weighted by atomic mass is 9.96. The van der Waals surface area contributed by atoms with Gasteiger partial charge >= 0.3 is 11.7 Å². The van der Waals surface area contributed by atoms with Gasteiger partial charge < -0.3 is 14.2 Å². The molecule has 22 heavy (non-hydrogen) atoms. The summed E-state index contributed by atoms with van der Waals surface area (Å²) in [5.74, 6) is -5.39. The Balaban J connectivity index is 2.41. The fourth-order valence-electron chi connectivity index (χ4n) is 2.10. The van der Waals surface area contributed by atoms with E-state index in [1.807, 2.05) is 0 Å². The number of nitrogens with zero attached hydrogens (tertiary/aromatic N) is 1. The summed E-state index contributed by atoms with van der Waals surface area (Å²) in [6, 6.07) is 1.73. The lowest BCUT2D eigenvalue weighted by molar-refractivity contribution is -0.388. The van der Waals surface area contributed by atoms with Crippen molar-refractivity contribution in [2.24, 2.45) is 0 Å². The molecule has 1 atom stereocenters. The number of hydrogen-bond acceptors (Lipinski definition) is 6. The second kappa shape index (κ2) is 6.32. The Morgan fingerprint density at radius 1 is 1.41 bits per heavy atom. The number of benzene rings is 1. The molecule has 0 aromatic heterocycles. The molecule has 0 saturated carbocycles. The molecule has 0 spiro atoms. The highest BCUT2D eigenvalue weighted by Gasteiger charge is 2.43. The van der Waals surface area contributed by atoms with Crippen molar-refractivity contribution in [3.8, 4) is 0 Å². The van der Waals surface area contributed by atoms with Crippen molar-refractivity contribution in [2.75, 3.05) is 6.61 Å². The van der Waals surface area contributed by atoms with Gasteiger partial charge in [0, 0.05) is 11.6 Å². The quantitative estimate of drug-likeness (QED) is 0.470. The van der Waals surface area contributed by atoms with E-state index in [1.54, 1.807) is 13.8 Å². The molecule has 9 heteroatoms. The number of nitro groups is 1. The van der Waals surface area contributed by atoms with E-state index in [0.29, 0.717) is 0 Å². The highest BCUT2D eigenvalue weighted by molar-refractivity contribution is 5.79. The Bertz CT molecular complexity index is 602. The first-order valence-electron chi connectivity index (χ1n) is 6.46. The minimum atomic E-state index is -1.65. The summed E-state index contributed by atoms with van der Waals surface area (Å²) in [6.45, 7) is 3.13. The molecular formula is C13H13F2NO6. The summed E-state index contributed by atoms with van der Waals surface area (Å²) in [5, 5.41) is 10.6. The molecule has 1 aliphatic heterocycles. The van der Waals surface area contributed by atoms with Crippen LogP contribution in [0.4, 0.5) is 14.5 Å². The molecule has 0 N–H and O–H groups in total. The fraction of sp³-hybridized carbons (Fsp3) is 0.462. The maximum Gasteiger partial charge on any atom is 0.318 e. The Labute approximate surface area is 123 Å². The first kappa shape index (κ1) is 16.2. The SMILES string of the molecule is CCOC(=O)C(c1ccc([N+](=O)[O-])c(F)c1F)C1OC(C)O1. The van der Waals surface area contributed by atoms with E-state index in [-0.39, 0.29) is 6.61 Å². The third-order valence-corrected chi connectivity index (χ3v) is 3.09. The van der Waals surface area contributed by atoms with Gasteiger partial charge in [-0.05, 0) is 19.9 Å². The average molecular weight is 317 g/mol. The monoisotopic (exact) mass is 317 g/mol. The summed E-state index contributed by atoms with van der Waals surface area (Å²) in [5.41, 5.74) is -1.44. The second-order valence-corrected chi connectivity index (χ2v) is 4.50. The van der Waals surface area contributed by atoms with Gasteiger partial charge in [-0.2, -0.15) is 4.39 Å². The molecule has 1 heterocycles. The predicted octanol–water partition coefficient (Wildman–Crippen LogP) is 2.24. The normalized spacial score (nSPS) is 21.8. The molecule has 1 fully saturated rings. The highest BCUT2D eigenvalue weighted by atomic mass is 19.2. The Hall–Kier alpha value is -2.13. The van der Waals surface area contributed by atoms with Crippen LogP contribution in [-0.2, 0) is 19.0 Å². The van der Waals surface area contributed by atoms with Crippen molar-refractivity contribution in [3.63, 3.8) is 0 Å². The summed E-state index contributed by atoms with van der Waals surface area (Å²) >= 11 is 0. The van der Waals surface area contributed by atoms with Crippen molar-refractivity contribution >= 4 is 11.7 Å². The minimum absolute atomic E-state index is 0.0225. The lowest BCUT2D eigenvalue weighted by Gasteiger charge is -2.37. The van der Waals surface area contributed by atoms with Crippen molar-refractivity contribution in [3.05, 3.63) is 39.4 Å². The van der Waals surface area contributed by atoms with E-state index < -0.39 is 52.3 Å². The number of rotatable bonds is 5. The zero-order valence-corrected chi connectivity index (χ0v) is 11.7. The van der Waals surface area contributed by atoms with Crippen LogP contribution in [0.5, 0.6) is 0 Å². The summed E-state index contributed by atoms with van der Waals surface area (Å²) in [6.07, 6.45) is -1.72. The van der Waals surface area contributed by atoms with Gasteiger partial charge in [-0.25, -0.2) is 4.39 Å². The van der Waals surface area contributed by atoms with Crippen LogP contribution in [0.1, 0.15) is 25.3 Å². The molecule has 1 aromatic rings. The van der Waals surface area contributed by atoms with Crippen molar-refractivity contribution in [1.82, 2.24) is 0 Å². The van der Waals surface area contributed by atoms with E-state index in [0.717, 1.165) is 12.1 Å². The van der Waals surface area contributed by atoms with Gasteiger partial charge in [-0.15, -0.1) is 0 Å². The third-order valence-electron chi connectivity index (χ3n) is 3.09. The first-order valence-corrected chi connectivity index (χ1v) is 6.46. The Morgan fingerprint density at radius 3 is 2.55 bits per heavy atom. The minimum Gasteiger partial charge on any atom is -0.465 e. The van der Waals surface area contributed by atoms with E-state index in [2.05, 4.69) is 0 Å². The smallest absolute Gasteiger partial charge is 0.318 e. The van der Waals surface area contributed by atoms with E-state index in [4.69, 9.17) is 14.2 Å². The molecule has 1 unspecified atom stereocenters. The van der Waals surface area contributed by atoms with Crippen LogP contribution in [0.3, 0.4) is 0 Å². The van der Waals surface area contributed by atoms with Crippen LogP contribution in [0.25, 0.3) is 0 Å². The van der Waals surface area contributed by atoms with Crippen LogP contribution in [0, 0.1) is 21.7 Å². The van der Waals surface area contributed by atoms with Crippen LogP contribution in [0.2, 0.25) is 0 Å². The van der Waals surface area contributed by atoms with Crippen LogP contribution in [0.15, 0.2) is 12.1 Å². The number of carbonyl (C=O) groups excluding carboxylic acids is 1. The van der Waals surface area contributed by atoms with Crippen LogP contribution >= 0.6 is 0 Å². The maximum absolute atomic E-state index is 14.1. The molecule has 0 bridgehead atoms. The number of halogens is 2. The number of carbonyl (C=O) groups is 1. The van der Waals surface area contributed by atoms with Crippen molar-refractivity contribution < 1.29 is 32.7 Å². The molecule has 0 amide bonds. The van der Waals surface area contributed by atoms with Crippen molar-refractivity contribution in [1.29, 1.82) is 0 Å². The number of esters is 1. The van der Waals surface area contributed by atoms with E-state index in [1.165, 1.54) is 0 Å². The summed E-state index contributed by atoms with van der Waals surface area (Å²) in [7, 11) is 0. The van der Waals surface area contributed by atoms with Crippen molar-refractivity contribution in [2.45, 2.75) is 32.3 Å². The predicted molar refractivity (Wildman–Crippen MR) is 67.8 cm³/mol. The molecule has 7 nitrogen and oxygen atoms in total. The van der Waals surface area contributed by atoms with Gasteiger partial charge in [0.25, 0.3) is 0 Å². The molecular weight excluding hydrogens is 304 g/mol. The molecule has 0 radical (unpaired) electrons. The maximum atomic E-state index is 14.1. The van der Waals surface area contributed by atoms with Gasteiger partial charge in [0.2, 0.25) is 5.82 Å². The number of ether oxygens (including phenoxy) is 3. The fourth-order valence-corrected chi connectivity index (χ4v) is 2.10. The largest absolute Gasteiger partial charge is 0.465 e. The second-order valence-electron chi connectivity index (χ2n) is 4.50. The van der Waals surface area contributed by atoms with Gasteiger partial charge in [0.15, 0.2) is 18.4 Å². The molecule has 1 saturated heterocycles. The van der Waals surface area contributed by atoms with E-state index >= 15 is 0 Å². The van der Waals surface area contributed by atoms with Gasteiger partial charge in [-0.1, -0.05) is 0 Å². The standard InChI is InChI=1S/C13H13F2NO6/c1-3-20-12(17)9(13-21-6(2)22-13)7-4-5-8(16(18)19)11(15)10(7)14/h4-6,9,13H,3H2,1-2H3. The topological polar surface area (TPSA) is 87.9 Å². The number of hydrogen-bond donors (Lipinski definition) is 0. The van der Waals surface area contributed by atoms with Gasteiger partial charge in [-0.3, -0.25) is 14.9 Å². The molecule has 120 valence electrons. The molecule has 2 rings (SSSR count). The zero-order valence-electron chi connectivity index (χ0n) is 11.7. The summed E-state index contributed by atoms with van der Waals surface area (Å²) in [4.78, 5) is 21.5. The lowest BCUT2D eigenvalue weighted by Crippen LogP contribution is -2.46. The molecule has 1 aliphatic rings. The average Bonchev–Trinajstić information content (AvgIpc) is 2.41. The van der Waals surface area contributed by atoms with Gasteiger partial charge in [0.1, 0.15) is 5.92 Å². The first-order chi connectivity index (χ1) is 10.4. The summed E-state index contributed by atoms with van der Waals surface area (Å²) < 4.78 is 42.9.